The van der Waals surface area contributed by atoms with Crippen molar-refractivity contribution in [3.63, 3.8) is 0 Å². The Labute approximate surface area is 149 Å². The maximum absolute atomic E-state index is 11.6. The molecule has 1 fully saturated rings. The number of anilines is 1. The molecule has 25 heavy (non-hydrogen) atoms. The molecule has 0 spiro atoms. The number of carbonyl (C=O) groups is 1. The Morgan fingerprint density at radius 1 is 1.16 bits per heavy atom. The summed E-state index contributed by atoms with van der Waals surface area (Å²) in [6, 6.07) is 16.2. The van der Waals surface area contributed by atoms with Gasteiger partial charge < -0.3 is 10.5 Å². The van der Waals surface area contributed by atoms with Crippen LogP contribution in [-0.4, -0.2) is 31.1 Å². The van der Waals surface area contributed by atoms with Crippen molar-refractivity contribution in [3.8, 4) is 0 Å². The van der Waals surface area contributed by atoms with Crippen LogP contribution in [0.15, 0.2) is 48.5 Å². The van der Waals surface area contributed by atoms with Crippen molar-refractivity contribution < 1.29 is 9.53 Å². The third-order valence-corrected chi connectivity index (χ3v) is 5.04. The normalized spacial score (nSPS) is 15.9. The Bertz CT molecular complexity index is 707. The van der Waals surface area contributed by atoms with E-state index in [2.05, 4.69) is 35.2 Å². The summed E-state index contributed by atoms with van der Waals surface area (Å²) in [4.78, 5) is 14.0. The van der Waals surface area contributed by atoms with Gasteiger partial charge in [0.25, 0.3) is 0 Å². The van der Waals surface area contributed by atoms with Gasteiger partial charge in [-0.25, -0.2) is 4.79 Å². The molecule has 1 heterocycles. The fourth-order valence-corrected chi connectivity index (χ4v) is 3.52. The largest absolute Gasteiger partial charge is 0.465 e. The van der Waals surface area contributed by atoms with Gasteiger partial charge in [0.1, 0.15) is 0 Å². The Morgan fingerprint density at radius 2 is 1.88 bits per heavy atom. The summed E-state index contributed by atoms with van der Waals surface area (Å²) < 4.78 is 4.74. The number of esters is 1. The quantitative estimate of drug-likeness (QED) is 0.669. The standard InChI is InChI=1S/C21H26N2O2/c1-25-21(24)18-7-8-19(20(22)14-18)15-23-11-9-17(10-12-23)13-16-5-3-2-4-6-16/h2-8,14,17H,9-13,15,22H2,1H3. The number of hydrogen-bond donors (Lipinski definition) is 1. The van der Waals surface area contributed by atoms with E-state index in [1.807, 2.05) is 6.07 Å². The zero-order valence-electron chi connectivity index (χ0n) is 14.8. The van der Waals surface area contributed by atoms with Gasteiger partial charge in [0, 0.05) is 12.2 Å². The first kappa shape index (κ1) is 17.5. The number of likely N-dealkylation sites (tertiary alicyclic amines) is 1. The van der Waals surface area contributed by atoms with Crippen molar-refractivity contribution in [2.24, 2.45) is 5.92 Å². The molecule has 132 valence electrons. The van der Waals surface area contributed by atoms with Gasteiger partial charge in [0.2, 0.25) is 0 Å². The fourth-order valence-electron chi connectivity index (χ4n) is 3.52. The second kappa shape index (κ2) is 8.17. The van der Waals surface area contributed by atoms with E-state index in [-0.39, 0.29) is 5.97 Å². The van der Waals surface area contributed by atoms with Gasteiger partial charge in [-0.2, -0.15) is 0 Å². The van der Waals surface area contributed by atoms with Crippen LogP contribution in [0.4, 0.5) is 5.69 Å². The SMILES string of the molecule is COC(=O)c1ccc(CN2CCC(Cc3ccccc3)CC2)c(N)c1. The van der Waals surface area contributed by atoms with Crippen LogP contribution in [0.25, 0.3) is 0 Å². The van der Waals surface area contributed by atoms with Crippen molar-refractivity contribution in [1.29, 1.82) is 0 Å². The minimum absolute atomic E-state index is 0.347. The van der Waals surface area contributed by atoms with Crippen molar-refractivity contribution >= 4 is 11.7 Å². The summed E-state index contributed by atoms with van der Waals surface area (Å²) in [5.41, 5.74) is 9.80. The molecule has 4 nitrogen and oxygen atoms in total. The topological polar surface area (TPSA) is 55.6 Å². The van der Waals surface area contributed by atoms with Crippen molar-refractivity contribution in [2.45, 2.75) is 25.8 Å². The molecule has 0 saturated carbocycles. The van der Waals surface area contributed by atoms with E-state index in [0.717, 1.165) is 31.1 Å². The number of benzene rings is 2. The molecular formula is C21H26N2O2. The number of nitrogen functional groups attached to an aromatic ring is 1. The van der Waals surface area contributed by atoms with E-state index in [1.54, 1.807) is 12.1 Å². The van der Waals surface area contributed by atoms with E-state index >= 15 is 0 Å². The Kier molecular flexibility index (Phi) is 5.71. The lowest BCUT2D eigenvalue weighted by atomic mass is 9.90. The molecule has 1 aliphatic heterocycles. The van der Waals surface area contributed by atoms with Gasteiger partial charge in [0.05, 0.1) is 12.7 Å². The Hall–Kier alpha value is -2.33. The predicted octanol–water partition coefficient (Wildman–Crippen LogP) is 3.51. The van der Waals surface area contributed by atoms with Crippen molar-refractivity contribution in [1.82, 2.24) is 4.90 Å². The van der Waals surface area contributed by atoms with Crippen LogP contribution in [-0.2, 0) is 17.7 Å². The highest BCUT2D eigenvalue weighted by Crippen LogP contribution is 2.24. The third kappa shape index (κ3) is 4.60. The molecule has 1 aliphatic rings. The van der Waals surface area contributed by atoms with Crippen LogP contribution in [0.3, 0.4) is 0 Å². The molecule has 0 amide bonds. The minimum atomic E-state index is -0.347. The third-order valence-electron chi connectivity index (χ3n) is 5.04. The zero-order chi connectivity index (χ0) is 17.6. The number of carbonyl (C=O) groups excluding carboxylic acids is 1. The molecule has 2 N–H and O–H groups in total. The van der Waals surface area contributed by atoms with E-state index < -0.39 is 0 Å². The molecule has 0 aliphatic carbocycles. The summed E-state index contributed by atoms with van der Waals surface area (Å²) in [6.07, 6.45) is 3.61. The molecule has 1 saturated heterocycles. The number of nitrogens with two attached hydrogens (primary N) is 1. The summed E-state index contributed by atoms with van der Waals surface area (Å²) in [7, 11) is 1.38. The van der Waals surface area contributed by atoms with Crippen molar-refractivity contribution in [2.75, 3.05) is 25.9 Å². The van der Waals surface area contributed by atoms with Gasteiger partial charge in [-0.3, -0.25) is 4.90 Å². The van der Waals surface area contributed by atoms with Gasteiger partial charge >= 0.3 is 5.97 Å². The van der Waals surface area contributed by atoms with Crippen LogP contribution in [0.5, 0.6) is 0 Å². The molecule has 0 radical (unpaired) electrons. The maximum atomic E-state index is 11.6. The fraction of sp³-hybridized carbons (Fsp3) is 0.381. The molecule has 3 rings (SSSR count). The Morgan fingerprint density at radius 3 is 2.52 bits per heavy atom. The van der Waals surface area contributed by atoms with Crippen LogP contribution < -0.4 is 5.73 Å². The smallest absolute Gasteiger partial charge is 0.337 e. The zero-order valence-corrected chi connectivity index (χ0v) is 14.8. The molecule has 2 aromatic carbocycles. The number of rotatable bonds is 5. The Balaban J connectivity index is 1.53. The van der Waals surface area contributed by atoms with Gasteiger partial charge in [0.15, 0.2) is 0 Å². The molecular weight excluding hydrogens is 312 g/mol. The van der Waals surface area contributed by atoms with E-state index in [0.29, 0.717) is 11.3 Å². The average molecular weight is 338 g/mol. The van der Waals surface area contributed by atoms with Gasteiger partial charge in [-0.15, -0.1) is 0 Å². The first-order chi connectivity index (χ1) is 12.2. The second-order valence-corrected chi connectivity index (χ2v) is 6.81. The van der Waals surface area contributed by atoms with Crippen LogP contribution in [0.2, 0.25) is 0 Å². The number of hydrogen-bond acceptors (Lipinski definition) is 4. The summed E-state index contributed by atoms with van der Waals surface area (Å²) >= 11 is 0. The lowest BCUT2D eigenvalue weighted by molar-refractivity contribution is 0.0600. The second-order valence-electron chi connectivity index (χ2n) is 6.81. The highest BCUT2D eigenvalue weighted by molar-refractivity contribution is 5.90. The molecule has 0 aromatic heterocycles. The summed E-state index contributed by atoms with van der Waals surface area (Å²) in [5, 5.41) is 0. The number of ether oxygens (including phenoxy) is 1. The van der Waals surface area contributed by atoms with E-state index in [4.69, 9.17) is 10.5 Å². The van der Waals surface area contributed by atoms with E-state index in [9.17, 15) is 4.79 Å². The van der Waals surface area contributed by atoms with Gasteiger partial charge in [-0.1, -0.05) is 36.4 Å². The summed E-state index contributed by atoms with van der Waals surface area (Å²) in [6.45, 7) is 3.02. The highest BCUT2D eigenvalue weighted by Gasteiger charge is 2.20. The molecule has 0 unspecified atom stereocenters. The number of piperidine rings is 1. The number of methoxy groups -OCH3 is 1. The minimum Gasteiger partial charge on any atom is -0.465 e. The molecule has 0 atom stereocenters. The predicted molar refractivity (Wildman–Crippen MR) is 100 cm³/mol. The van der Waals surface area contributed by atoms with E-state index in [1.165, 1.54) is 31.9 Å². The van der Waals surface area contributed by atoms with Crippen molar-refractivity contribution in [3.05, 3.63) is 65.2 Å². The average Bonchev–Trinajstić information content (AvgIpc) is 2.65. The first-order valence-electron chi connectivity index (χ1n) is 8.88. The maximum Gasteiger partial charge on any atom is 0.337 e. The molecule has 4 heteroatoms. The lowest BCUT2D eigenvalue weighted by Crippen LogP contribution is -2.34. The molecule has 2 aromatic rings. The first-order valence-corrected chi connectivity index (χ1v) is 8.88. The lowest BCUT2D eigenvalue weighted by Gasteiger charge is -2.32. The summed E-state index contributed by atoms with van der Waals surface area (Å²) in [5.74, 6) is 0.415. The van der Waals surface area contributed by atoms with Gasteiger partial charge in [-0.05, 0) is 61.5 Å². The van der Waals surface area contributed by atoms with Crippen LogP contribution >= 0.6 is 0 Å². The van der Waals surface area contributed by atoms with Crippen LogP contribution in [0.1, 0.15) is 34.3 Å². The highest BCUT2D eigenvalue weighted by atomic mass is 16.5. The van der Waals surface area contributed by atoms with Crippen LogP contribution in [0, 0.1) is 5.92 Å². The molecule has 0 bridgehead atoms. The monoisotopic (exact) mass is 338 g/mol. The number of nitrogens with zero attached hydrogens (tertiary/aromatic N) is 1.